The van der Waals surface area contributed by atoms with Crippen molar-refractivity contribution in [2.75, 3.05) is 13.2 Å². The van der Waals surface area contributed by atoms with Gasteiger partial charge in [-0.3, -0.25) is 14.4 Å². The van der Waals surface area contributed by atoms with E-state index in [1.807, 2.05) is 0 Å². The van der Waals surface area contributed by atoms with Crippen LogP contribution in [-0.2, 0) is 28.6 Å². The summed E-state index contributed by atoms with van der Waals surface area (Å²) in [6, 6.07) is 0. The summed E-state index contributed by atoms with van der Waals surface area (Å²) in [5.41, 5.74) is 0. The standard InChI is InChI=1S/C61H112O6/c1-4-7-10-13-16-19-21-23-24-25-26-27-28-29-30-31-32-33-34-35-36-38-39-42-45-48-51-54-60(63)66-57-58(56-65-59(62)53-50-47-44-41-18-15-12-9-6-3)67-61(64)55-52-49-46-43-40-37-22-20-17-14-11-8-5-2/h11,14,20,22,25-26,58H,4-10,12-13,15-19,21,23-24,27-57H2,1-3H3/b14-11-,22-20-,26-25-. The first-order valence-corrected chi connectivity index (χ1v) is 29.5. The van der Waals surface area contributed by atoms with Gasteiger partial charge in [0, 0.05) is 19.3 Å². The first-order chi connectivity index (χ1) is 33.0. The molecule has 0 amide bonds. The second kappa shape index (κ2) is 56.2. The molecule has 0 aromatic heterocycles. The first-order valence-electron chi connectivity index (χ1n) is 29.5. The van der Waals surface area contributed by atoms with E-state index in [-0.39, 0.29) is 31.1 Å². The van der Waals surface area contributed by atoms with Crippen molar-refractivity contribution in [1.29, 1.82) is 0 Å². The van der Waals surface area contributed by atoms with Gasteiger partial charge >= 0.3 is 17.9 Å². The Labute approximate surface area is 416 Å². The summed E-state index contributed by atoms with van der Waals surface area (Å²) >= 11 is 0. The SMILES string of the molecule is CCC/C=C\C/C=C\CCCCCCCC(=O)OC(COC(=O)CCCCCCCCCCC)COC(=O)CCCCCCCCCCCCCCCCC/C=C\CCCCCCCCCC. The van der Waals surface area contributed by atoms with E-state index in [1.54, 1.807) is 0 Å². The van der Waals surface area contributed by atoms with E-state index in [4.69, 9.17) is 14.2 Å². The number of allylic oxidation sites excluding steroid dienone is 6. The molecule has 1 atom stereocenters. The van der Waals surface area contributed by atoms with Gasteiger partial charge < -0.3 is 14.2 Å². The van der Waals surface area contributed by atoms with Gasteiger partial charge in [0.25, 0.3) is 0 Å². The molecule has 0 saturated heterocycles. The number of hydrogen-bond acceptors (Lipinski definition) is 6. The zero-order valence-electron chi connectivity index (χ0n) is 44.9. The second-order valence-corrected chi connectivity index (χ2v) is 19.9. The minimum atomic E-state index is -0.774. The molecule has 6 nitrogen and oxygen atoms in total. The van der Waals surface area contributed by atoms with Crippen molar-refractivity contribution in [3.63, 3.8) is 0 Å². The Bertz CT molecular complexity index is 1130. The van der Waals surface area contributed by atoms with Crippen LogP contribution < -0.4 is 0 Å². The third kappa shape index (κ3) is 54.4. The normalized spacial score (nSPS) is 12.2. The van der Waals surface area contributed by atoms with Gasteiger partial charge in [-0.05, 0) is 70.6 Å². The molecule has 392 valence electrons. The summed E-state index contributed by atoms with van der Waals surface area (Å²) in [5, 5.41) is 0. The zero-order valence-corrected chi connectivity index (χ0v) is 44.9. The lowest BCUT2D eigenvalue weighted by atomic mass is 10.0. The summed E-state index contributed by atoms with van der Waals surface area (Å²) in [4.78, 5) is 38.0. The van der Waals surface area contributed by atoms with E-state index in [1.165, 1.54) is 186 Å². The van der Waals surface area contributed by atoms with Crippen LogP contribution in [0.15, 0.2) is 36.5 Å². The Morgan fingerprint density at radius 2 is 0.567 bits per heavy atom. The van der Waals surface area contributed by atoms with E-state index >= 15 is 0 Å². The highest BCUT2D eigenvalue weighted by Crippen LogP contribution is 2.17. The predicted molar refractivity (Wildman–Crippen MR) is 289 cm³/mol. The van der Waals surface area contributed by atoms with Crippen LogP contribution in [0.3, 0.4) is 0 Å². The molecule has 0 aromatic rings. The number of carbonyl (C=O) groups excluding carboxylic acids is 3. The van der Waals surface area contributed by atoms with Gasteiger partial charge in [0.2, 0.25) is 0 Å². The van der Waals surface area contributed by atoms with Crippen molar-refractivity contribution in [2.45, 2.75) is 322 Å². The van der Waals surface area contributed by atoms with Crippen LogP contribution in [-0.4, -0.2) is 37.2 Å². The molecule has 0 radical (unpaired) electrons. The minimum Gasteiger partial charge on any atom is -0.462 e. The topological polar surface area (TPSA) is 78.9 Å². The van der Waals surface area contributed by atoms with Crippen LogP contribution in [0.2, 0.25) is 0 Å². The molecule has 0 aromatic carbocycles. The second-order valence-electron chi connectivity index (χ2n) is 19.9. The van der Waals surface area contributed by atoms with E-state index < -0.39 is 6.10 Å². The van der Waals surface area contributed by atoms with Gasteiger partial charge in [-0.2, -0.15) is 0 Å². The Kier molecular flexibility index (Phi) is 54.2. The van der Waals surface area contributed by atoms with Crippen molar-refractivity contribution >= 4 is 17.9 Å². The van der Waals surface area contributed by atoms with Crippen molar-refractivity contribution in [3.05, 3.63) is 36.5 Å². The fraction of sp³-hybridized carbons (Fsp3) is 0.852. The van der Waals surface area contributed by atoms with Crippen molar-refractivity contribution < 1.29 is 28.6 Å². The van der Waals surface area contributed by atoms with Gasteiger partial charge in [-0.25, -0.2) is 0 Å². The molecule has 0 aliphatic heterocycles. The van der Waals surface area contributed by atoms with E-state index in [9.17, 15) is 14.4 Å². The maximum Gasteiger partial charge on any atom is 0.306 e. The number of esters is 3. The molecule has 67 heavy (non-hydrogen) atoms. The molecule has 0 fully saturated rings. The van der Waals surface area contributed by atoms with Crippen LogP contribution in [0.25, 0.3) is 0 Å². The molecular formula is C61H112O6. The molecule has 0 spiro atoms. The Morgan fingerprint density at radius 1 is 0.299 bits per heavy atom. The maximum atomic E-state index is 12.8. The lowest BCUT2D eigenvalue weighted by Gasteiger charge is -2.18. The summed E-state index contributed by atoms with van der Waals surface area (Å²) in [6.45, 7) is 6.58. The first kappa shape index (κ1) is 64.6. The van der Waals surface area contributed by atoms with Crippen LogP contribution in [0, 0.1) is 0 Å². The number of unbranched alkanes of at least 4 members (excludes halogenated alkanes) is 37. The summed E-state index contributed by atoms with van der Waals surface area (Å²) in [6.07, 6.45) is 67.4. The van der Waals surface area contributed by atoms with Gasteiger partial charge in [-0.1, -0.05) is 263 Å². The summed E-state index contributed by atoms with van der Waals surface area (Å²) in [7, 11) is 0. The smallest absolute Gasteiger partial charge is 0.306 e. The lowest BCUT2D eigenvalue weighted by Crippen LogP contribution is -2.30. The third-order valence-electron chi connectivity index (χ3n) is 13.1. The predicted octanol–water partition coefficient (Wildman–Crippen LogP) is 19.7. The highest BCUT2D eigenvalue weighted by atomic mass is 16.6. The fourth-order valence-electron chi connectivity index (χ4n) is 8.65. The molecule has 0 heterocycles. The highest BCUT2D eigenvalue weighted by Gasteiger charge is 2.19. The molecule has 0 rings (SSSR count). The Morgan fingerprint density at radius 3 is 0.896 bits per heavy atom. The van der Waals surface area contributed by atoms with Crippen LogP contribution >= 0.6 is 0 Å². The summed E-state index contributed by atoms with van der Waals surface area (Å²) in [5.74, 6) is -0.877. The molecule has 6 heteroatoms. The molecule has 0 aliphatic carbocycles. The van der Waals surface area contributed by atoms with Gasteiger partial charge in [0.15, 0.2) is 6.10 Å². The van der Waals surface area contributed by atoms with E-state index in [0.717, 1.165) is 89.9 Å². The van der Waals surface area contributed by atoms with Gasteiger partial charge in [0.1, 0.15) is 13.2 Å². The highest BCUT2D eigenvalue weighted by molar-refractivity contribution is 5.71. The molecule has 0 saturated carbocycles. The number of rotatable bonds is 54. The molecular weight excluding hydrogens is 829 g/mol. The maximum absolute atomic E-state index is 12.8. The minimum absolute atomic E-state index is 0.0743. The average molecular weight is 942 g/mol. The van der Waals surface area contributed by atoms with E-state index in [2.05, 4.69) is 57.2 Å². The van der Waals surface area contributed by atoms with Crippen molar-refractivity contribution in [3.8, 4) is 0 Å². The van der Waals surface area contributed by atoms with Crippen molar-refractivity contribution in [2.24, 2.45) is 0 Å². The molecule has 0 bridgehead atoms. The number of hydrogen-bond donors (Lipinski definition) is 0. The van der Waals surface area contributed by atoms with Crippen molar-refractivity contribution in [1.82, 2.24) is 0 Å². The third-order valence-corrected chi connectivity index (χ3v) is 13.1. The Balaban J connectivity index is 4.10. The van der Waals surface area contributed by atoms with Crippen LogP contribution in [0.4, 0.5) is 0 Å². The summed E-state index contributed by atoms with van der Waals surface area (Å²) < 4.78 is 16.8. The van der Waals surface area contributed by atoms with E-state index in [0.29, 0.717) is 19.3 Å². The number of carbonyl (C=O) groups is 3. The Hall–Kier alpha value is -2.37. The molecule has 0 aliphatic rings. The lowest BCUT2D eigenvalue weighted by molar-refractivity contribution is -0.167. The zero-order chi connectivity index (χ0) is 48.6. The quantitative estimate of drug-likeness (QED) is 0.0262. The largest absolute Gasteiger partial charge is 0.462 e. The van der Waals surface area contributed by atoms with Gasteiger partial charge in [-0.15, -0.1) is 0 Å². The number of ether oxygens (including phenoxy) is 3. The molecule has 1 unspecified atom stereocenters. The van der Waals surface area contributed by atoms with Crippen LogP contribution in [0.1, 0.15) is 316 Å². The fourth-order valence-corrected chi connectivity index (χ4v) is 8.65. The van der Waals surface area contributed by atoms with Crippen LogP contribution in [0.5, 0.6) is 0 Å². The van der Waals surface area contributed by atoms with Gasteiger partial charge in [0.05, 0.1) is 0 Å². The molecule has 0 N–H and O–H groups in total. The monoisotopic (exact) mass is 941 g/mol. The average Bonchev–Trinajstić information content (AvgIpc) is 3.33.